The minimum atomic E-state index is -3.84. The molecule has 272 valence electrons. The third-order valence-electron chi connectivity index (χ3n) is 11.4. The second-order valence-electron chi connectivity index (χ2n) is 15.1. The van der Waals surface area contributed by atoms with Gasteiger partial charge in [-0.3, -0.25) is 24.4 Å². The van der Waals surface area contributed by atoms with Crippen molar-refractivity contribution in [1.29, 1.82) is 0 Å². The summed E-state index contributed by atoms with van der Waals surface area (Å²) in [6.07, 6.45) is 14.1. The van der Waals surface area contributed by atoms with Crippen molar-refractivity contribution in [3.05, 3.63) is 47.5 Å². The number of allylic oxidation sites excluding steroid dienone is 1. The molecule has 0 unspecified atom stereocenters. The average molecular weight is 710 g/mol. The number of urea groups is 1. The number of sulfonamides is 1. The highest BCUT2D eigenvalue weighted by Crippen LogP contribution is 2.46. The number of carbonyl (C=O) groups excluding carboxylic acids is 4. The van der Waals surface area contributed by atoms with Crippen LogP contribution in [0.3, 0.4) is 0 Å². The molecule has 1 aromatic carbocycles. The van der Waals surface area contributed by atoms with E-state index in [1.165, 1.54) is 12.8 Å². The van der Waals surface area contributed by atoms with Gasteiger partial charge in [-0.2, -0.15) is 0 Å². The Bertz CT molecular complexity index is 1580. The highest BCUT2D eigenvalue weighted by atomic mass is 32.2. The third kappa shape index (κ3) is 7.71. The fourth-order valence-corrected chi connectivity index (χ4v) is 9.52. The smallest absolute Gasteiger partial charge is 0.318 e. The molecular formula is C36H51N7O6S. The highest BCUT2D eigenvalue weighted by Gasteiger charge is 2.62. The molecule has 7 rings (SSSR count). The van der Waals surface area contributed by atoms with E-state index in [0.29, 0.717) is 45.1 Å². The van der Waals surface area contributed by atoms with Crippen LogP contribution in [0.25, 0.3) is 0 Å². The van der Waals surface area contributed by atoms with Crippen LogP contribution in [0.1, 0.15) is 94.6 Å². The van der Waals surface area contributed by atoms with E-state index in [1.54, 1.807) is 9.80 Å². The Morgan fingerprint density at radius 2 is 1.62 bits per heavy atom. The van der Waals surface area contributed by atoms with Crippen LogP contribution in [0.2, 0.25) is 0 Å². The van der Waals surface area contributed by atoms with Gasteiger partial charge in [0.05, 0.1) is 17.3 Å². The number of fused-ring (bicyclic) bond motifs is 3. The summed E-state index contributed by atoms with van der Waals surface area (Å²) in [4.78, 5) is 59.1. The molecule has 14 heteroatoms. The van der Waals surface area contributed by atoms with Crippen molar-refractivity contribution >= 4 is 33.8 Å². The number of benzene rings is 1. The second-order valence-corrected chi connectivity index (χ2v) is 17.1. The summed E-state index contributed by atoms with van der Waals surface area (Å²) in [6.45, 7) is 1.59. The first kappa shape index (κ1) is 34.9. The summed E-state index contributed by atoms with van der Waals surface area (Å²) in [5.74, 6) is -1.82. The fraction of sp³-hybridized carbons (Fsp3) is 0.667. The lowest BCUT2D eigenvalue weighted by Gasteiger charge is -2.30. The maximum Gasteiger partial charge on any atom is 0.318 e. The first-order chi connectivity index (χ1) is 24.1. The molecule has 1 aromatic rings. The van der Waals surface area contributed by atoms with Gasteiger partial charge in [0.2, 0.25) is 21.8 Å². The molecule has 3 aliphatic carbocycles. The maximum atomic E-state index is 14.4. The van der Waals surface area contributed by atoms with Crippen molar-refractivity contribution in [1.82, 2.24) is 35.8 Å². The molecule has 50 heavy (non-hydrogen) atoms. The molecule has 3 heterocycles. The van der Waals surface area contributed by atoms with E-state index in [0.717, 1.165) is 49.7 Å². The van der Waals surface area contributed by atoms with Gasteiger partial charge >= 0.3 is 6.03 Å². The van der Waals surface area contributed by atoms with Crippen LogP contribution in [0.5, 0.6) is 0 Å². The largest absolute Gasteiger partial charge is 0.339 e. The molecule has 5 N–H and O–H groups in total. The third-order valence-corrected chi connectivity index (χ3v) is 13.3. The van der Waals surface area contributed by atoms with Gasteiger partial charge in [0, 0.05) is 38.3 Å². The Hall–Kier alpha value is -3.49. The Balaban J connectivity index is 1.10. The topological polar surface area (TPSA) is 169 Å². The molecule has 3 aliphatic heterocycles. The van der Waals surface area contributed by atoms with Gasteiger partial charge in [0.15, 0.2) is 0 Å². The summed E-state index contributed by atoms with van der Waals surface area (Å²) < 4.78 is 27.8. The molecule has 0 spiro atoms. The van der Waals surface area contributed by atoms with Crippen LogP contribution < -0.4 is 26.0 Å². The predicted molar refractivity (Wildman–Crippen MR) is 187 cm³/mol. The molecule has 5 atom stereocenters. The molecule has 4 fully saturated rings. The molecule has 6 aliphatic rings. The van der Waals surface area contributed by atoms with E-state index >= 15 is 0 Å². The number of rotatable bonds is 8. The van der Waals surface area contributed by atoms with Gasteiger partial charge in [-0.05, 0) is 68.9 Å². The summed E-state index contributed by atoms with van der Waals surface area (Å²) in [6, 6.07) is 6.12. The van der Waals surface area contributed by atoms with Crippen LogP contribution in [-0.2, 0) is 37.5 Å². The molecule has 3 saturated carbocycles. The zero-order chi connectivity index (χ0) is 34.9. The van der Waals surface area contributed by atoms with Crippen LogP contribution in [0, 0.1) is 5.92 Å². The summed E-state index contributed by atoms with van der Waals surface area (Å²) in [5.41, 5.74) is 0.768. The molecule has 1 saturated heterocycles. The van der Waals surface area contributed by atoms with Crippen LogP contribution in [-0.4, -0.2) is 90.1 Å². The standard InChI is InChI=1S/C36H51N7O6S/c44-32-31-18-28(39-35(47)42-20-24-10-6-7-11-25(24)21-42)22-43(31)33(45)30(38-23-37-27-13-8-9-14-27)15-5-3-1-2-4-12-26-19-36(26,40-32)34(46)41-50(48,49)29-16-17-29/h4,6-7,10-12,26-31,37-38H,1-3,5,8-9,13-23H2,(H,39,47)(H,40,44)(H,41,46)/t26-,28-,30+,31+,36-/m1/s1. The van der Waals surface area contributed by atoms with E-state index in [9.17, 15) is 27.6 Å². The van der Waals surface area contributed by atoms with Crippen molar-refractivity contribution in [2.45, 2.75) is 132 Å². The number of amides is 5. The quantitative estimate of drug-likeness (QED) is 0.202. The van der Waals surface area contributed by atoms with Crippen LogP contribution in [0.15, 0.2) is 36.4 Å². The molecule has 0 radical (unpaired) electrons. The highest BCUT2D eigenvalue weighted by molar-refractivity contribution is 7.91. The number of hydrogen-bond donors (Lipinski definition) is 5. The van der Waals surface area contributed by atoms with E-state index in [-0.39, 0.29) is 37.2 Å². The maximum absolute atomic E-state index is 14.4. The first-order valence-electron chi connectivity index (χ1n) is 18.6. The van der Waals surface area contributed by atoms with Gasteiger partial charge in [0.25, 0.3) is 5.91 Å². The molecular weight excluding hydrogens is 659 g/mol. The predicted octanol–water partition coefficient (Wildman–Crippen LogP) is 2.13. The van der Waals surface area contributed by atoms with Gasteiger partial charge in [0.1, 0.15) is 11.6 Å². The summed E-state index contributed by atoms with van der Waals surface area (Å²) in [5, 5.41) is 12.4. The minimum absolute atomic E-state index is 0.149. The van der Waals surface area contributed by atoms with Crippen molar-refractivity contribution in [2.24, 2.45) is 5.92 Å². The Morgan fingerprint density at radius 1 is 0.900 bits per heavy atom. The second kappa shape index (κ2) is 14.6. The Morgan fingerprint density at radius 3 is 2.34 bits per heavy atom. The average Bonchev–Trinajstić information content (AvgIpc) is 3.87. The van der Waals surface area contributed by atoms with Crippen molar-refractivity contribution in [3.63, 3.8) is 0 Å². The fourth-order valence-electron chi connectivity index (χ4n) is 8.16. The normalized spacial score (nSPS) is 30.5. The lowest BCUT2D eigenvalue weighted by molar-refractivity contribution is -0.141. The first-order valence-corrected chi connectivity index (χ1v) is 20.1. The Kier molecular flexibility index (Phi) is 10.2. The monoisotopic (exact) mass is 709 g/mol. The minimum Gasteiger partial charge on any atom is -0.339 e. The van der Waals surface area contributed by atoms with Crippen molar-refractivity contribution in [2.75, 3.05) is 13.2 Å². The number of hydrogen-bond acceptors (Lipinski definition) is 8. The lowest BCUT2D eigenvalue weighted by Crippen LogP contribution is -2.58. The molecule has 13 nitrogen and oxygen atoms in total. The molecule has 0 bridgehead atoms. The van der Waals surface area contributed by atoms with Gasteiger partial charge in [-0.25, -0.2) is 13.2 Å². The zero-order valence-electron chi connectivity index (χ0n) is 28.7. The number of carbonyl (C=O) groups is 4. The lowest BCUT2D eigenvalue weighted by atomic mass is 10.0. The Labute approximate surface area is 294 Å². The van der Waals surface area contributed by atoms with E-state index in [2.05, 4.69) is 26.0 Å². The van der Waals surface area contributed by atoms with Crippen LogP contribution >= 0.6 is 0 Å². The molecule has 5 amide bonds. The molecule has 0 aromatic heterocycles. The van der Waals surface area contributed by atoms with Gasteiger partial charge in [-0.15, -0.1) is 0 Å². The summed E-state index contributed by atoms with van der Waals surface area (Å²) >= 11 is 0. The van der Waals surface area contributed by atoms with Crippen molar-refractivity contribution < 1.29 is 27.6 Å². The van der Waals surface area contributed by atoms with Crippen molar-refractivity contribution in [3.8, 4) is 0 Å². The summed E-state index contributed by atoms with van der Waals surface area (Å²) in [7, 11) is -3.84. The van der Waals surface area contributed by atoms with Gasteiger partial charge < -0.3 is 25.8 Å². The zero-order valence-corrected chi connectivity index (χ0v) is 29.5. The van der Waals surface area contributed by atoms with Gasteiger partial charge in [-0.1, -0.05) is 62.1 Å². The van der Waals surface area contributed by atoms with E-state index in [4.69, 9.17) is 0 Å². The number of nitrogens with zero attached hydrogens (tertiary/aromatic N) is 2. The SMILES string of the molecule is O=C1N[C@]2(C(=O)NS(=O)(=O)C3CC3)C[C@H]2C=CCCCCC[C@H](NCNC2CCCC2)C(=O)N2C[C@H](NC(=O)N3Cc4ccccc4C3)C[C@@H]12. The van der Waals surface area contributed by atoms with E-state index in [1.807, 2.05) is 36.4 Å². The van der Waals surface area contributed by atoms with E-state index < -0.39 is 50.8 Å². The van der Waals surface area contributed by atoms with Crippen LogP contribution in [0.4, 0.5) is 4.79 Å². The number of nitrogens with one attached hydrogen (secondary N) is 5.